The molecule has 3 nitrogen and oxygen atoms in total. The van der Waals surface area contributed by atoms with Gasteiger partial charge in [0.25, 0.3) is 0 Å². The number of nitrogens with one attached hydrogen (secondary N) is 1. The minimum absolute atomic E-state index is 0.0211. The van der Waals surface area contributed by atoms with Gasteiger partial charge in [0.2, 0.25) is 5.91 Å². The lowest BCUT2D eigenvalue weighted by molar-refractivity contribution is -0.121. The van der Waals surface area contributed by atoms with Crippen LogP contribution in [0.2, 0.25) is 5.02 Å². The van der Waals surface area contributed by atoms with Crippen molar-refractivity contribution in [2.75, 3.05) is 13.2 Å². The highest BCUT2D eigenvalue weighted by Crippen LogP contribution is 2.10. The number of amides is 1. The highest BCUT2D eigenvalue weighted by Gasteiger charge is 2.00. The maximum atomic E-state index is 11.2. The predicted molar refractivity (Wildman–Crippen MR) is 59.9 cm³/mol. The van der Waals surface area contributed by atoms with E-state index in [1.807, 2.05) is 24.3 Å². The van der Waals surface area contributed by atoms with Crippen LogP contribution in [0.1, 0.15) is 12.0 Å². The van der Waals surface area contributed by atoms with Crippen LogP contribution in [0.4, 0.5) is 0 Å². The van der Waals surface area contributed by atoms with E-state index < -0.39 is 0 Å². The lowest BCUT2D eigenvalue weighted by Gasteiger charge is -2.03. The average Bonchev–Trinajstić information content (AvgIpc) is 2.25. The Kier molecular flexibility index (Phi) is 5.15. The van der Waals surface area contributed by atoms with Crippen molar-refractivity contribution in [3.05, 3.63) is 34.9 Å². The van der Waals surface area contributed by atoms with Crippen LogP contribution in [0, 0.1) is 0 Å². The summed E-state index contributed by atoms with van der Waals surface area (Å²) < 4.78 is 0. The SMILES string of the molecule is O=C(CCc1ccc(Cl)cc1)NCCO. The summed E-state index contributed by atoms with van der Waals surface area (Å²) in [4.78, 5) is 11.2. The Labute approximate surface area is 94.1 Å². The molecule has 0 spiro atoms. The van der Waals surface area contributed by atoms with E-state index >= 15 is 0 Å². The summed E-state index contributed by atoms with van der Waals surface area (Å²) in [6.45, 7) is 0.298. The van der Waals surface area contributed by atoms with Gasteiger partial charge in [0.05, 0.1) is 6.61 Å². The number of hydrogen-bond acceptors (Lipinski definition) is 2. The molecule has 0 saturated carbocycles. The molecule has 2 N–H and O–H groups in total. The molecule has 1 aromatic carbocycles. The second-order valence-corrected chi connectivity index (χ2v) is 3.64. The van der Waals surface area contributed by atoms with E-state index in [-0.39, 0.29) is 12.5 Å². The Morgan fingerprint density at radius 1 is 1.33 bits per heavy atom. The monoisotopic (exact) mass is 227 g/mol. The number of aliphatic hydroxyl groups is 1. The van der Waals surface area contributed by atoms with E-state index in [2.05, 4.69) is 5.32 Å². The fraction of sp³-hybridized carbons (Fsp3) is 0.364. The molecule has 1 rings (SSSR count). The van der Waals surface area contributed by atoms with Gasteiger partial charge >= 0.3 is 0 Å². The van der Waals surface area contributed by atoms with E-state index in [4.69, 9.17) is 16.7 Å². The molecule has 0 aliphatic carbocycles. The second-order valence-electron chi connectivity index (χ2n) is 3.20. The molecule has 82 valence electrons. The zero-order chi connectivity index (χ0) is 11.1. The van der Waals surface area contributed by atoms with Crippen LogP contribution in [-0.2, 0) is 11.2 Å². The maximum Gasteiger partial charge on any atom is 0.220 e. The summed E-state index contributed by atoms with van der Waals surface area (Å²) >= 11 is 5.74. The van der Waals surface area contributed by atoms with Crippen molar-refractivity contribution in [2.45, 2.75) is 12.8 Å². The molecular formula is C11H14ClNO2. The molecule has 0 aliphatic heterocycles. The average molecular weight is 228 g/mol. The van der Waals surface area contributed by atoms with E-state index in [0.29, 0.717) is 24.4 Å². The Morgan fingerprint density at radius 3 is 2.60 bits per heavy atom. The highest BCUT2D eigenvalue weighted by atomic mass is 35.5. The summed E-state index contributed by atoms with van der Waals surface area (Å²) in [6.07, 6.45) is 1.12. The zero-order valence-corrected chi connectivity index (χ0v) is 9.13. The summed E-state index contributed by atoms with van der Waals surface area (Å²) in [5, 5.41) is 11.8. The van der Waals surface area contributed by atoms with E-state index in [0.717, 1.165) is 5.56 Å². The van der Waals surface area contributed by atoms with Crippen molar-refractivity contribution in [1.29, 1.82) is 0 Å². The normalized spacial score (nSPS) is 10.0. The van der Waals surface area contributed by atoms with Gasteiger partial charge in [0.1, 0.15) is 0 Å². The minimum atomic E-state index is -0.0426. The van der Waals surface area contributed by atoms with Gasteiger partial charge in [-0.1, -0.05) is 23.7 Å². The Bertz CT molecular complexity index is 311. The molecule has 0 heterocycles. The summed E-state index contributed by atoms with van der Waals surface area (Å²) in [7, 11) is 0. The van der Waals surface area contributed by atoms with Crippen molar-refractivity contribution < 1.29 is 9.90 Å². The van der Waals surface area contributed by atoms with Crippen LogP contribution < -0.4 is 5.32 Å². The van der Waals surface area contributed by atoms with Gasteiger partial charge in [-0.05, 0) is 24.1 Å². The zero-order valence-electron chi connectivity index (χ0n) is 8.37. The third-order valence-electron chi connectivity index (χ3n) is 1.99. The molecule has 1 amide bonds. The van der Waals surface area contributed by atoms with Gasteiger partial charge in [-0.15, -0.1) is 0 Å². The van der Waals surface area contributed by atoms with Crippen LogP contribution in [0.3, 0.4) is 0 Å². The van der Waals surface area contributed by atoms with Crippen LogP contribution in [0.25, 0.3) is 0 Å². The van der Waals surface area contributed by atoms with Crippen molar-refractivity contribution in [3.8, 4) is 0 Å². The summed E-state index contributed by atoms with van der Waals surface area (Å²) in [6, 6.07) is 7.42. The standard InChI is InChI=1S/C11H14ClNO2/c12-10-4-1-9(2-5-10)3-6-11(15)13-7-8-14/h1-2,4-5,14H,3,6-8H2,(H,13,15). The first-order valence-corrected chi connectivity index (χ1v) is 5.22. The molecular weight excluding hydrogens is 214 g/mol. The Morgan fingerprint density at radius 2 is 2.00 bits per heavy atom. The molecule has 15 heavy (non-hydrogen) atoms. The number of aliphatic hydroxyl groups excluding tert-OH is 1. The van der Waals surface area contributed by atoms with Gasteiger partial charge < -0.3 is 10.4 Å². The van der Waals surface area contributed by atoms with Crippen molar-refractivity contribution >= 4 is 17.5 Å². The highest BCUT2D eigenvalue weighted by molar-refractivity contribution is 6.30. The predicted octanol–water partition coefficient (Wildman–Crippen LogP) is 1.38. The van der Waals surface area contributed by atoms with Crippen molar-refractivity contribution in [3.63, 3.8) is 0 Å². The number of carbonyl (C=O) groups excluding carboxylic acids is 1. The van der Waals surface area contributed by atoms with Gasteiger partial charge in [-0.3, -0.25) is 4.79 Å². The van der Waals surface area contributed by atoms with Crippen LogP contribution in [0.15, 0.2) is 24.3 Å². The molecule has 0 atom stereocenters. The molecule has 0 bridgehead atoms. The molecule has 4 heteroatoms. The molecule has 0 aliphatic rings. The maximum absolute atomic E-state index is 11.2. The van der Waals surface area contributed by atoms with Crippen LogP contribution in [0.5, 0.6) is 0 Å². The lowest BCUT2D eigenvalue weighted by Crippen LogP contribution is -2.26. The first-order valence-electron chi connectivity index (χ1n) is 4.84. The largest absolute Gasteiger partial charge is 0.395 e. The number of aryl methyl sites for hydroxylation is 1. The number of halogens is 1. The van der Waals surface area contributed by atoms with Gasteiger partial charge in [-0.25, -0.2) is 0 Å². The fourth-order valence-corrected chi connectivity index (χ4v) is 1.32. The van der Waals surface area contributed by atoms with Crippen LogP contribution in [-0.4, -0.2) is 24.2 Å². The molecule has 0 aromatic heterocycles. The van der Waals surface area contributed by atoms with Crippen LogP contribution >= 0.6 is 11.6 Å². The first kappa shape index (κ1) is 12.0. The van der Waals surface area contributed by atoms with Gasteiger partial charge in [-0.2, -0.15) is 0 Å². The third kappa shape index (κ3) is 4.81. The minimum Gasteiger partial charge on any atom is -0.395 e. The van der Waals surface area contributed by atoms with E-state index in [1.165, 1.54) is 0 Å². The topological polar surface area (TPSA) is 49.3 Å². The van der Waals surface area contributed by atoms with Crippen molar-refractivity contribution in [2.24, 2.45) is 0 Å². The molecule has 1 aromatic rings. The molecule has 0 saturated heterocycles. The molecule has 0 fully saturated rings. The van der Waals surface area contributed by atoms with E-state index in [1.54, 1.807) is 0 Å². The van der Waals surface area contributed by atoms with Gasteiger partial charge in [0, 0.05) is 18.0 Å². The first-order chi connectivity index (χ1) is 7.22. The number of benzene rings is 1. The third-order valence-corrected chi connectivity index (χ3v) is 2.24. The number of rotatable bonds is 5. The van der Waals surface area contributed by atoms with Gasteiger partial charge in [0.15, 0.2) is 0 Å². The Balaban J connectivity index is 2.30. The molecule has 0 radical (unpaired) electrons. The number of hydrogen-bond donors (Lipinski definition) is 2. The quantitative estimate of drug-likeness (QED) is 0.799. The van der Waals surface area contributed by atoms with E-state index in [9.17, 15) is 4.79 Å². The number of carbonyl (C=O) groups is 1. The smallest absolute Gasteiger partial charge is 0.220 e. The fourth-order valence-electron chi connectivity index (χ4n) is 1.19. The summed E-state index contributed by atoms with van der Waals surface area (Å²) in [5.41, 5.74) is 1.08. The Hall–Kier alpha value is -1.06. The van der Waals surface area contributed by atoms with Crippen molar-refractivity contribution in [1.82, 2.24) is 5.32 Å². The molecule has 0 unspecified atom stereocenters. The summed E-state index contributed by atoms with van der Waals surface area (Å²) in [5.74, 6) is -0.0426. The lowest BCUT2D eigenvalue weighted by atomic mass is 10.1. The second kappa shape index (κ2) is 6.43.